The number of hydrogen-bond acceptors (Lipinski definition) is 6. The summed E-state index contributed by atoms with van der Waals surface area (Å²) in [5, 5.41) is 10.1. The van der Waals surface area contributed by atoms with Gasteiger partial charge in [-0.2, -0.15) is 0 Å². The number of methoxy groups -OCH3 is 1. The molecule has 0 aliphatic carbocycles. The van der Waals surface area contributed by atoms with E-state index in [1.165, 1.54) is 11.7 Å². The number of carbonyl (C=O) groups is 1. The summed E-state index contributed by atoms with van der Waals surface area (Å²) in [5.74, 6) is -0.976. The minimum absolute atomic E-state index is 0.0973. The maximum absolute atomic E-state index is 12.5. The van der Waals surface area contributed by atoms with Gasteiger partial charge >= 0.3 is 5.97 Å². The Labute approximate surface area is 151 Å². The van der Waals surface area contributed by atoms with Crippen LogP contribution in [0.5, 0.6) is 5.75 Å². The predicted octanol–water partition coefficient (Wildman–Crippen LogP) is 2.26. The van der Waals surface area contributed by atoms with Crippen molar-refractivity contribution in [1.29, 1.82) is 0 Å². The van der Waals surface area contributed by atoms with Gasteiger partial charge in [-0.3, -0.25) is 14.3 Å². The summed E-state index contributed by atoms with van der Waals surface area (Å²) in [4.78, 5) is 30.9. The van der Waals surface area contributed by atoms with Crippen LogP contribution in [-0.4, -0.2) is 39.7 Å². The first-order valence-corrected chi connectivity index (χ1v) is 8.64. The molecule has 0 unspecified atom stereocenters. The summed E-state index contributed by atoms with van der Waals surface area (Å²) >= 11 is 0. The van der Waals surface area contributed by atoms with Gasteiger partial charge in [-0.15, -0.1) is 0 Å². The van der Waals surface area contributed by atoms with Crippen molar-refractivity contribution in [2.45, 2.75) is 38.4 Å². The van der Waals surface area contributed by atoms with Crippen LogP contribution >= 0.6 is 0 Å². The third kappa shape index (κ3) is 3.10. The van der Waals surface area contributed by atoms with Crippen LogP contribution in [0.2, 0.25) is 0 Å². The third-order valence-corrected chi connectivity index (χ3v) is 5.10. The highest BCUT2D eigenvalue weighted by atomic mass is 16.5. The van der Waals surface area contributed by atoms with E-state index in [9.17, 15) is 14.7 Å². The Hall–Kier alpha value is -2.67. The molecule has 0 amide bonds. The number of fused-ring (bicyclic) bond motifs is 1. The molecule has 0 saturated heterocycles. The average molecular weight is 357 g/mol. The number of carbonyl (C=O) groups excluding carboxylic acids is 1. The zero-order valence-corrected chi connectivity index (χ0v) is 15.2. The third-order valence-electron chi connectivity index (χ3n) is 5.10. The van der Waals surface area contributed by atoms with Crippen LogP contribution in [0.15, 0.2) is 35.1 Å². The second-order valence-corrected chi connectivity index (χ2v) is 6.53. The smallest absolute Gasteiger partial charge is 0.360 e. The van der Waals surface area contributed by atoms with Gasteiger partial charge in [0.2, 0.25) is 5.75 Å². The number of nitrogens with zero attached hydrogens (tertiary/aromatic N) is 3. The second kappa shape index (κ2) is 7.29. The Morgan fingerprint density at radius 2 is 2.08 bits per heavy atom. The van der Waals surface area contributed by atoms with Gasteiger partial charge in [0.05, 0.1) is 13.2 Å². The van der Waals surface area contributed by atoms with E-state index in [0.717, 1.165) is 18.4 Å². The predicted molar refractivity (Wildman–Crippen MR) is 96.1 cm³/mol. The lowest BCUT2D eigenvalue weighted by molar-refractivity contribution is 0.0586. The Morgan fingerprint density at radius 1 is 1.38 bits per heavy atom. The first-order valence-electron chi connectivity index (χ1n) is 8.64. The number of rotatable bonds is 4. The van der Waals surface area contributed by atoms with Crippen molar-refractivity contribution in [2.75, 3.05) is 14.2 Å². The quantitative estimate of drug-likeness (QED) is 0.845. The molecular weight excluding hydrogens is 334 g/mol. The zero-order valence-electron chi connectivity index (χ0n) is 15.2. The highest BCUT2D eigenvalue weighted by Crippen LogP contribution is 2.34. The Balaban J connectivity index is 2.04. The SMILES string of the molecule is COC(=O)c1nc2n(c(=O)c1O)CCC[C@H]2N(C)[C@@H](C)c1ccccc1. The molecule has 0 radical (unpaired) electrons. The number of aromatic hydroxyl groups is 1. The van der Waals surface area contributed by atoms with Crippen molar-refractivity contribution in [1.82, 2.24) is 14.5 Å². The van der Waals surface area contributed by atoms with E-state index >= 15 is 0 Å². The molecule has 26 heavy (non-hydrogen) atoms. The summed E-state index contributed by atoms with van der Waals surface area (Å²) < 4.78 is 6.11. The van der Waals surface area contributed by atoms with Crippen molar-refractivity contribution >= 4 is 5.97 Å². The molecular formula is C19H23N3O4. The number of aromatic nitrogens is 2. The molecule has 138 valence electrons. The Bertz CT molecular complexity index is 863. The number of ether oxygens (including phenoxy) is 1. The fraction of sp³-hybridized carbons (Fsp3) is 0.421. The molecule has 1 aromatic carbocycles. The lowest BCUT2D eigenvalue weighted by Gasteiger charge is -2.36. The van der Waals surface area contributed by atoms with Gasteiger partial charge in [-0.25, -0.2) is 9.78 Å². The molecule has 7 heteroatoms. The van der Waals surface area contributed by atoms with Crippen LogP contribution in [0, 0.1) is 0 Å². The molecule has 2 heterocycles. The molecule has 1 N–H and O–H groups in total. The summed E-state index contributed by atoms with van der Waals surface area (Å²) in [7, 11) is 3.18. The highest BCUT2D eigenvalue weighted by Gasteiger charge is 2.32. The van der Waals surface area contributed by atoms with Crippen molar-refractivity contribution in [3.05, 3.63) is 57.8 Å². The molecule has 3 rings (SSSR count). The molecule has 0 bridgehead atoms. The lowest BCUT2D eigenvalue weighted by atomic mass is 10.00. The van der Waals surface area contributed by atoms with Crippen molar-refractivity contribution < 1.29 is 14.6 Å². The summed E-state index contributed by atoms with van der Waals surface area (Å²) in [6.45, 7) is 2.56. The van der Waals surface area contributed by atoms with Crippen molar-refractivity contribution in [3.8, 4) is 5.75 Å². The standard InChI is InChI=1S/C19H23N3O4/c1-12(13-8-5-4-6-9-13)21(2)14-10-7-11-22-17(14)20-15(19(25)26-3)16(23)18(22)24/h4-6,8-9,12,14,23H,7,10-11H2,1-3H3/t12-,14+/m0/s1. The molecule has 7 nitrogen and oxygen atoms in total. The van der Waals surface area contributed by atoms with Gasteiger partial charge < -0.3 is 9.84 Å². The maximum Gasteiger partial charge on any atom is 0.360 e. The maximum atomic E-state index is 12.5. The number of hydrogen-bond donors (Lipinski definition) is 1. The van der Waals surface area contributed by atoms with E-state index < -0.39 is 17.3 Å². The van der Waals surface area contributed by atoms with Gasteiger partial charge in [0.1, 0.15) is 5.82 Å². The molecule has 2 atom stereocenters. The van der Waals surface area contributed by atoms with E-state index in [-0.39, 0.29) is 17.8 Å². The molecule has 0 fully saturated rings. The van der Waals surface area contributed by atoms with E-state index in [1.54, 1.807) is 0 Å². The van der Waals surface area contributed by atoms with Crippen LogP contribution in [-0.2, 0) is 11.3 Å². The fourth-order valence-electron chi connectivity index (χ4n) is 3.46. The van der Waals surface area contributed by atoms with Crippen LogP contribution < -0.4 is 5.56 Å². The zero-order chi connectivity index (χ0) is 18.8. The summed E-state index contributed by atoms with van der Waals surface area (Å²) in [6, 6.07) is 10.0. The molecule has 0 saturated carbocycles. The fourth-order valence-corrected chi connectivity index (χ4v) is 3.46. The Morgan fingerprint density at radius 3 is 2.73 bits per heavy atom. The summed E-state index contributed by atoms with van der Waals surface area (Å²) in [5.41, 5.74) is 0.235. The van der Waals surface area contributed by atoms with E-state index in [1.807, 2.05) is 25.2 Å². The Kier molecular flexibility index (Phi) is 5.08. The topological polar surface area (TPSA) is 84.7 Å². The average Bonchev–Trinajstić information content (AvgIpc) is 2.69. The van der Waals surface area contributed by atoms with Gasteiger partial charge in [0.15, 0.2) is 5.69 Å². The number of esters is 1. The van der Waals surface area contributed by atoms with Gasteiger partial charge in [-0.1, -0.05) is 30.3 Å². The molecule has 1 aromatic heterocycles. The van der Waals surface area contributed by atoms with Crippen LogP contribution in [0.25, 0.3) is 0 Å². The van der Waals surface area contributed by atoms with E-state index in [4.69, 9.17) is 0 Å². The minimum atomic E-state index is -0.814. The first-order chi connectivity index (χ1) is 12.5. The molecule has 0 spiro atoms. The van der Waals surface area contributed by atoms with Crippen molar-refractivity contribution in [2.24, 2.45) is 0 Å². The largest absolute Gasteiger partial charge is 0.501 e. The van der Waals surface area contributed by atoms with Gasteiger partial charge in [0, 0.05) is 12.6 Å². The monoisotopic (exact) mass is 357 g/mol. The highest BCUT2D eigenvalue weighted by molar-refractivity contribution is 5.89. The lowest BCUT2D eigenvalue weighted by Crippen LogP contribution is -2.38. The van der Waals surface area contributed by atoms with Gasteiger partial charge in [0.25, 0.3) is 5.56 Å². The van der Waals surface area contributed by atoms with Crippen LogP contribution in [0.1, 0.15) is 53.7 Å². The minimum Gasteiger partial charge on any atom is -0.501 e. The van der Waals surface area contributed by atoms with E-state index in [2.05, 4.69) is 33.7 Å². The first kappa shape index (κ1) is 18.1. The van der Waals surface area contributed by atoms with Crippen LogP contribution in [0.4, 0.5) is 0 Å². The van der Waals surface area contributed by atoms with Crippen molar-refractivity contribution in [3.63, 3.8) is 0 Å². The molecule has 2 aromatic rings. The van der Waals surface area contributed by atoms with Crippen LogP contribution in [0.3, 0.4) is 0 Å². The molecule has 1 aliphatic heterocycles. The second-order valence-electron chi connectivity index (χ2n) is 6.53. The summed E-state index contributed by atoms with van der Waals surface area (Å²) in [6.07, 6.45) is 1.60. The van der Waals surface area contributed by atoms with Gasteiger partial charge in [-0.05, 0) is 32.4 Å². The molecule has 1 aliphatic rings. The number of benzene rings is 1. The van der Waals surface area contributed by atoms with E-state index in [0.29, 0.717) is 12.4 Å². The normalized spacial score (nSPS) is 17.6.